The molecule has 0 aromatic heterocycles. The zero-order valence-electron chi connectivity index (χ0n) is 13.1. The molecule has 1 aliphatic rings. The fourth-order valence-electron chi connectivity index (χ4n) is 2.80. The first-order valence-electron chi connectivity index (χ1n) is 7.76. The van der Waals surface area contributed by atoms with Crippen molar-refractivity contribution in [3.8, 4) is 0 Å². The van der Waals surface area contributed by atoms with E-state index in [0.29, 0.717) is 6.54 Å². The summed E-state index contributed by atoms with van der Waals surface area (Å²) in [4.78, 5) is 14.4. The van der Waals surface area contributed by atoms with Crippen LogP contribution in [0.25, 0.3) is 0 Å². The van der Waals surface area contributed by atoms with E-state index in [4.69, 9.17) is 0 Å². The average molecular weight is 313 g/mol. The Morgan fingerprint density at radius 2 is 2.00 bits per heavy atom. The molecule has 0 saturated carbocycles. The number of hydrogen-bond acceptors (Lipinski definition) is 3. The Balaban J connectivity index is 1.63. The minimum Gasteiger partial charge on any atom is -0.382 e. The second kappa shape index (κ2) is 6.69. The molecule has 1 unspecified atom stereocenters. The first-order chi connectivity index (χ1) is 11.1. The van der Waals surface area contributed by atoms with Gasteiger partial charge in [-0.3, -0.25) is 4.79 Å². The molecule has 0 spiro atoms. The van der Waals surface area contributed by atoms with E-state index in [1.807, 2.05) is 31.2 Å². The summed E-state index contributed by atoms with van der Waals surface area (Å²) in [6.07, 6.45) is 0. The number of nitrogens with zero attached hydrogens (tertiary/aromatic N) is 1. The fourth-order valence-corrected chi connectivity index (χ4v) is 2.80. The fraction of sp³-hybridized carbons (Fsp3) is 0.278. The maximum absolute atomic E-state index is 13.0. The highest BCUT2D eigenvalue weighted by atomic mass is 19.1. The molecule has 0 bridgehead atoms. The Kier molecular flexibility index (Phi) is 4.46. The van der Waals surface area contributed by atoms with Gasteiger partial charge >= 0.3 is 0 Å². The highest BCUT2D eigenvalue weighted by molar-refractivity contribution is 5.84. The Bertz CT molecular complexity index is 687. The van der Waals surface area contributed by atoms with E-state index in [-0.39, 0.29) is 17.8 Å². The SMILES string of the molecule is CC(NC(=O)CN1CCNc2ccccc21)c1ccc(F)cc1. The van der Waals surface area contributed by atoms with Crippen LogP contribution in [0.1, 0.15) is 18.5 Å². The number of nitrogens with one attached hydrogen (secondary N) is 2. The Morgan fingerprint density at radius 3 is 2.78 bits per heavy atom. The molecule has 0 saturated heterocycles. The molecule has 2 aromatic rings. The smallest absolute Gasteiger partial charge is 0.239 e. The van der Waals surface area contributed by atoms with Gasteiger partial charge < -0.3 is 15.5 Å². The molecule has 1 amide bonds. The number of para-hydroxylation sites is 2. The van der Waals surface area contributed by atoms with Crippen LogP contribution in [0.15, 0.2) is 48.5 Å². The molecule has 0 radical (unpaired) electrons. The second-order valence-corrected chi connectivity index (χ2v) is 5.71. The van der Waals surface area contributed by atoms with Crippen molar-refractivity contribution >= 4 is 17.3 Å². The summed E-state index contributed by atoms with van der Waals surface area (Å²) in [6.45, 7) is 3.81. The van der Waals surface area contributed by atoms with Gasteiger partial charge in [0.1, 0.15) is 5.82 Å². The molecule has 23 heavy (non-hydrogen) atoms. The van der Waals surface area contributed by atoms with Gasteiger partial charge in [-0.15, -0.1) is 0 Å². The van der Waals surface area contributed by atoms with Crippen LogP contribution in [-0.2, 0) is 4.79 Å². The number of fused-ring (bicyclic) bond motifs is 1. The summed E-state index contributed by atoms with van der Waals surface area (Å²) >= 11 is 0. The van der Waals surface area contributed by atoms with Crippen LogP contribution in [0.3, 0.4) is 0 Å². The van der Waals surface area contributed by atoms with E-state index in [1.165, 1.54) is 12.1 Å². The molecule has 120 valence electrons. The Morgan fingerprint density at radius 1 is 1.26 bits per heavy atom. The minimum atomic E-state index is -0.273. The highest BCUT2D eigenvalue weighted by Gasteiger charge is 2.19. The number of anilines is 2. The zero-order chi connectivity index (χ0) is 16.2. The van der Waals surface area contributed by atoms with Crippen molar-refractivity contribution in [3.63, 3.8) is 0 Å². The van der Waals surface area contributed by atoms with Gasteiger partial charge in [-0.2, -0.15) is 0 Å². The maximum Gasteiger partial charge on any atom is 0.239 e. The highest BCUT2D eigenvalue weighted by Crippen LogP contribution is 2.28. The third kappa shape index (κ3) is 3.62. The number of carbonyl (C=O) groups is 1. The van der Waals surface area contributed by atoms with Gasteiger partial charge in [0.25, 0.3) is 0 Å². The lowest BCUT2D eigenvalue weighted by molar-refractivity contribution is -0.120. The summed E-state index contributed by atoms with van der Waals surface area (Å²) in [5.41, 5.74) is 2.99. The van der Waals surface area contributed by atoms with Crippen LogP contribution in [0.4, 0.5) is 15.8 Å². The molecule has 3 rings (SSSR count). The van der Waals surface area contributed by atoms with Gasteiger partial charge in [0.2, 0.25) is 5.91 Å². The van der Waals surface area contributed by atoms with Crippen LogP contribution in [-0.4, -0.2) is 25.5 Å². The van der Waals surface area contributed by atoms with E-state index in [1.54, 1.807) is 12.1 Å². The monoisotopic (exact) mass is 313 g/mol. The average Bonchev–Trinajstić information content (AvgIpc) is 2.55. The lowest BCUT2D eigenvalue weighted by Gasteiger charge is -2.31. The van der Waals surface area contributed by atoms with Crippen LogP contribution in [0.5, 0.6) is 0 Å². The molecular weight excluding hydrogens is 293 g/mol. The predicted molar refractivity (Wildman–Crippen MR) is 90.1 cm³/mol. The van der Waals surface area contributed by atoms with Crippen molar-refractivity contribution in [2.45, 2.75) is 13.0 Å². The third-order valence-corrected chi connectivity index (χ3v) is 4.02. The van der Waals surface area contributed by atoms with E-state index in [9.17, 15) is 9.18 Å². The van der Waals surface area contributed by atoms with Crippen molar-refractivity contribution in [3.05, 3.63) is 59.9 Å². The maximum atomic E-state index is 13.0. The summed E-state index contributed by atoms with van der Waals surface area (Å²) in [6, 6.07) is 14.0. The topological polar surface area (TPSA) is 44.4 Å². The molecule has 1 heterocycles. The van der Waals surface area contributed by atoms with Crippen molar-refractivity contribution in [1.29, 1.82) is 0 Å². The molecule has 4 nitrogen and oxygen atoms in total. The van der Waals surface area contributed by atoms with E-state index < -0.39 is 0 Å². The van der Waals surface area contributed by atoms with Crippen molar-refractivity contribution in [2.75, 3.05) is 29.9 Å². The standard InChI is InChI=1S/C18H20FN3O/c1-13(14-6-8-15(19)9-7-14)21-18(23)12-22-11-10-20-16-4-2-3-5-17(16)22/h2-9,13,20H,10-12H2,1H3,(H,21,23). The van der Waals surface area contributed by atoms with Gasteiger partial charge in [-0.05, 0) is 36.8 Å². The Labute approximate surface area is 135 Å². The summed E-state index contributed by atoms with van der Waals surface area (Å²) < 4.78 is 13.0. The van der Waals surface area contributed by atoms with Gasteiger partial charge in [0, 0.05) is 13.1 Å². The van der Waals surface area contributed by atoms with Crippen LogP contribution in [0.2, 0.25) is 0 Å². The zero-order valence-corrected chi connectivity index (χ0v) is 13.1. The van der Waals surface area contributed by atoms with Crippen LogP contribution < -0.4 is 15.5 Å². The number of rotatable bonds is 4. The van der Waals surface area contributed by atoms with E-state index in [2.05, 4.69) is 15.5 Å². The first-order valence-corrected chi connectivity index (χ1v) is 7.76. The number of carbonyl (C=O) groups excluding carboxylic acids is 1. The van der Waals surface area contributed by atoms with Crippen molar-refractivity contribution < 1.29 is 9.18 Å². The number of hydrogen-bond donors (Lipinski definition) is 2. The third-order valence-electron chi connectivity index (χ3n) is 4.02. The van der Waals surface area contributed by atoms with Crippen LogP contribution >= 0.6 is 0 Å². The van der Waals surface area contributed by atoms with Gasteiger partial charge in [-0.25, -0.2) is 4.39 Å². The number of amides is 1. The van der Waals surface area contributed by atoms with E-state index in [0.717, 1.165) is 30.0 Å². The summed E-state index contributed by atoms with van der Waals surface area (Å²) in [5.74, 6) is -0.316. The molecule has 2 aromatic carbocycles. The Hall–Kier alpha value is -2.56. The lowest BCUT2D eigenvalue weighted by Crippen LogP contribution is -2.42. The molecule has 0 aliphatic carbocycles. The lowest BCUT2D eigenvalue weighted by atomic mass is 10.1. The second-order valence-electron chi connectivity index (χ2n) is 5.71. The number of halogens is 1. The molecular formula is C18H20FN3O. The first kappa shape index (κ1) is 15.3. The quantitative estimate of drug-likeness (QED) is 0.912. The molecule has 0 fully saturated rings. The predicted octanol–water partition coefficient (Wildman–Crippen LogP) is 2.94. The van der Waals surface area contributed by atoms with Crippen LogP contribution in [0, 0.1) is 5.82 Å². The van der Waals surface area contributed by atoms with Crippen molar-refractivity contribution in [1.82, 2.24) is 5.32 Å². The molecule has 5 heteroatoms. The van der Waals surface area contributed by atoms with Gasteiger partial charge in [0.15, 0.2) is 0 Å². The molecule has 1 atom stereocenters. The van der Waals surface area contributed by atoms with Gasteiger partial charge in [0.05, 0.1) is 24.0 Å². The molecule has 2 N–H and O–H groups in total. The minimum absolute atomic E-state index is 0.0430. The van der Waals surface area contributed by atoms with Gasteiger partial charge in [-0.1, -0.05) is 24.3 Å². The normalized spacial score (nSPS) is 14.6. The summed E-state index contributed by atoms with van der Waals surface area (Å²) in [5, 5.41) is 6.30. The van der Waals surface area contributed by atoms with E-state index >= 15 is 0 Å². The summed E-state index contributed by atoms with van der Waals surface area (Å²) in [7, 11) is 0. The molecule has 1 aliphatic heterocycles. The van der Waals surface area contributed by atoms with Crippen molar-refractivity contribution in [2.24, 2.45) is 0 Å². The largest absolute Gasteiger partial charge is 0.382 e. The number of benzene rings is 2.